The quantitative estimate of drug-likeness (QED) is 0.606. The number of carbonyl (C=O) groups excluding carboxylic acids is 1. The Bertz CT molecular complexity index is 699. The summed E-state index contributed by atoms with van der Waals surface area (Å²) in [5.74, 6) is -0.361. The summed E-state index contributed by atoms with van der Waals surface area (Å²) in [5, 5.41) is 8.67. The number of nitrogens with zero attached hydrogens (tertiary/aromatic N) is 4. The average molecular weight is 356 g/mol. The first-order valence-corrected chi connectivity index (χ1v) is 7.83. The van der Waals surface area contributed by atoms with Crippen LogP contribution in [0.2, 0.25) is 0 Å². The minimum atomic E-state index is -0.361. The van der Waals surface area contributed by atoms with Gasteiger partial charge in [0, 0.05) is 19.8 Å². The van der Waals surface area contributed by atoms with E-state index in [1.54, 1.807) is 17.8 Å². The lowest BCUT2D eigenvalue weighted by atomic mass is 10.1. The van der Waals surface area contributed by atoms with Gasteiger partial charge < -0.3 is 15.0 Å². The Kier molecular flexibility index (Phi) is 7.44. The van der Waals surface area contributed by atoms with Crippen molar-refractivity contribution in [2.75, 3.05) is 39.1 Å². The summed E-state index contributed by atoms with van der Waals surface area (Å²) in [6.45, 7) is 5.79. The highest BCUT2D eigenvalue weighted by Gasteiger charge is 2.20. The zero-order chi connectivity index (χ0) is 17.0. The molecule has 134 valence electrons. The van der Waals surface area contributed by atoms with E-state index < -0.39 is 0 Å². The van der Waals surface area contributed by atoms with Crippen molar-refractivity contribution in [2.45, 2.75) is 20.3 Å². The van der Waals surface area contributed by atoms with Gasteiger partial charge in [0.2, 0.25) is 0 Å². The van der Waals surface area contributed by atoms with Gasteiger partial charge in [-0.1, -0.05) is 0 Å². The van der Waals surface area contributed by atoms with Gasteiger partial charge in [-0.15, -0.1) is 12.4 Å². The van der Waals surface area contributed by atoms with Crippen molar-refractivity contribution < 1.29 is 9.53 Å². The summed E-state index contributed by atoms with van der Waals surface area (Å²) < 4.78 is 6.88. The largest absolute Gasteiger partial charge is 0.462 e. The van der Waals surface area contributed by atoms with Crippen molar-refractivity contribution in [2.24, 2.45) is 7.05 Å². The van der Waals surface area contributed by atoms with Crippen LogP contribution in [0.25, 0.3) is 11.0 Å². The van der Waals surface area contributed by atoms with Crippen LogP contribution >= 0.6 is 12.4 Å². The fourth-order valence-corrected chi connectivity index (χ4v) is 2.57. The molecule has 0 aromatic carbocycles. The van der Waals surface area contributed by atoms with E-state index in [1.807, 2.05) is 28.1 Å². The maximum Gasteiger partial charge on any atom is 0.341 e. The highest BCUT2D eigenvalue weighted by atomic mass is 35.5. The van der Waals surface area contributed by atoms with E-state index in [-0.39, 0.29) is 18.4 Å². The molecule has 2 aromatic rings. The number of pyridine rings is 1. The third-order valence-electron chi connectivity index (χ3n) is 3.61. The van der Waals surface area contributed by atoms with Crippen LogP contribution in [0, 0.1) is 6.92 Å². The van der Waals surface area contributed by atoms with Crippen LogP contribution in [0.3, 0.4) is 0 Å². The normalized spacial score (nSPS) is 10.8. The molecule has 0 amide bonds. The lowest BCUT2D eigenvalue weighted by Gasteiger charge is -2.14. The fourth-order valence-electron chi connectivity index (χ4n) is 2.57. The molecule has 0 fully saturated rings. The van der Waals surface area contributed by atoms with Crippen LogP contribution < -0.4 is 5.32 Å². The SMILES string of the molecule is CCOC(=O)c1cnc2c(c(C)nn2C)c1NCCCN(C)C.Cl. The molecule has 2 heterocycles. The molecule has 0 aliphatic carbocycles. The van der Waals surface area contributed by atoms with Gasteiger partial charge in [-0.2, -0.15) is 5.10 Å². The van der Waals surface area contributed by atoms with Gasteiger partial charge in [-0.3, -0.25) is 4.68 Å². The fraction of sp³-hybridized carbons (Fsp3) is 0.562. The van der Waals surface area contributed by atoms with Gasteiger partial charge in [0.25, 0.3) is 0 Å². The number of nitrogens with one attached hydrogen (secondary N) is 1. The van der Waals surface area contributed by atoms with Gasteiger partial charge >= 0.3 is 5.97 Å². The first-order chi connectivity index (χ1) is 11.0. The molecule has 0 atom stereocenters. The predicted octanol–water partition coefficient (Wildman–Crippen LogP) is 2.24. The molecular weight excluding hydrogens is 330 g/mol. The molecule has 2 rings (SSSR count). The van der Waals surface area contributed by atoms with Gasteiger partial charge in [0.15, 0.2) is 5.65 Å². The van der Waals surface area contributed by atoms with E-state index in [0.29, 0.717) is 12.2 Å². The molecule has 0 radical (unpaired) electrons. The Labute approximate surface area is 148 Å². The van der Waals surface area contributed by atoms with E-state index in [2.05, 4.69) is 20.3 Å². The number of carbonyl (C=O) groups is 1. The third-order valence-corrected chi connectivity index (χ3v) is 3.61. The third kappa shape index (κ3) is 4.36. The van der Waals surface area contributed by atoms with Crippen molar-refractivity contribution >= 4 is 35.1 Å². The summed E-state index contributed by atoms with van der Waals surface area (Å²) in [7, 11) is 5.93. The zero-order valence-corrected chi connectivity index (χ0v) is 15.7. The second-order valence-electron chi connectivity index (χ2n) is 5.76. The van der Waals surface area contributed by atoms with Gasteiger partial charge in [0.1, 0.15) is 5.56 Å². The standard InChI is InChI=1S/C16H25N5O2.ClH/c1-6-23-16(22)12-10-18-15-13(11(2)19-21(15)5)14(12)17-8-7-9-20(3)4;/h10H,6-9H2,1-5H3,(H,17,18);1H. The Morgan fingerprint density at radius 2 is 2.12 bits per heavy atom. The number of rotatable bonds is 7. The second kappa shape index (κ2) is 8.84. The number of aryl methyl sites for hydroxylation is 2. The molecule has 1 N–H and O–H groups in total. The molecule has 7 nitrogen and oxygen atoms in total. The average Bonchev–Trinajstić information content (AvgIpc) is 2.78. The highest BCUT2D eigenvalue weighted by molar-refractivity contribution is 6.05. The monoisotopic (exact) mass is 355 g/mol. The second-order valence-corrected chi connectivity index (χ2v) is 5.76. The molecule has 24 heavy (non-hydrogen) atoms. The Balaban J connectivity index is 0.00000288. The molecule has 0 aliphatic rings. The molecular formula is C16H26ClN5O2. The Morgan fingerprint density at radius 1 is 1.42 bits per heavy atom. The van der Waals surface area contributed by atoms with Crippen molar-refractivity contribution in [3.05, 3.63) is 17.5 Å². The number of hydrogen-bond donors (Lipinski definition) is 1. The van der Waals surface area contributed by atoms with E-state index in [4.69, 9.17) is 4.74 Å². The van der Waals surface area contributed by atoms with E-state index in [9.17, 15) is 4.79 Å². The highest BCUT2D eigenvalue weighted by Crippen LogP contribution is 2.29. The molecule has 0 saturated heterocycles. The van der Waals surface area contributed by atoms with Crippen LogP contribution in [0.4, 0.5) is 5.69 Å². The topological polar surface area (TPSA) is 72.3 Å². The number of fused-ring (bicyclic) bond motifs is 1. The van der Waals surface area contributed by atoms with E-state index in [0.717, 1.165) is 41.9 Å². The smallest absolute Gasteiger partial charge is 0.341 e. The van der Waals surface area contributed by atoms with Crippen molar-refractivity contribution in [3.63, 3.8) is 0 Å². The molecule has 0 bridgehead atoms. The maximum absolute atomic E-state index is 12.2. The molecule has 8 heteroatoms. The first kappa shape index (κ1) is 20.2. The number of hydrogen-bond acceptors (Lipinski definition) is 6. The van der Waals surface area contributed by atoms with Crippen LogP contribution in [0.5, 0.6) is 0 Å². The van der Waals surface area contributed by atoms with Gasteiger partial charge in [-0.05, 0) is 40.9 Å². The maximum atomic E-state index is 12.2. The van der Waals surface area contributed by atoms with E-state index >= 15 is 0 Å². The van der Waals surface area contributed by atoms with Crippen LogP contribution in [-0.2, 0) is 11.8 Å². The molecule has 2 aromatic heterocycles. The lowest BCUT2D eigenvalue weighted by molar-refractivity contribution is 0.0527. The molecule has 0 saturated carbocycles. The van der Waals surface area contributed by atoms with Crippen molar-refractivity contribution in [1.29, 1.82) is 0 Å². The summed E-state index contributed by atoms with van der Waals surface area (Å²) in [5.41, 5.74) is 2.82. The Hall–Kier alpha value is -1.86. The van der Waals surface area contributed by atoms with Crippen LogP contribution in [0.15, 0.2) is 6.20 Å². The van der Waals surface area contributed by atoms with E-state index in [1.165, 1.54) is 0 Å². The molecule has 0 aliphatic heterocycles. The van der Waals surface area contributed by atoms with Crippen molar-refractivity contribution in [1.82, 2.24) is 19.7 Å². The van der Waals surface area contributed by atoms with Crippen LogP contribution in [-0.4, -0.2) is 59.4 Å². The summed E-state index contributed by atoms with van der Waals surface area (Å²) >= 11 is 0. The molecule has 0 spiro atoms. The summed E-state index contributed by atoms with van der Waals surface area (Å²) in [4.78, 5) is 18.7. The summed E-state index contributed by atoms with van der Waals surface area (Å²) in [6, 6.07) is 0. The van der Waals surface area contributed by atoms with Crippen LogP contribution in [0.1, 0.15) is 29.4 Å². The van der Waals surface area contributed by atoms with Crippen molar-refractivity contribution in [3.8, 4) is 0 Å². The number of anilines is 1. The summed E-state index contributed by atoms with van der Waals surface area (Å²) in [6.07, 6.45) is 2.54. The number of ether oxygens (including phenoxy) is 1. The Morgan fingerprint density at radius 3 is 2.75 bits per heavy atom. The van der Waals surface area contributed by atoms with Gasteiger partial charge in [0.05, 0.1) is 23.4 Å². The first-order valence-electron chi connectivity index (χ1n) is 7.83. The minimum absolute atomic E-state index is 0. The lowest BCUT2D eigenvalue weighted by Crippen LogP contribution is -2.18. The number of esters is 1. The predicted molar refractivity (Wildman–Crippen MR) is 98.1 cm³/mol. The van der Waals surface area contributed by atoms with Gasteiger partial charge in [-0.25, -0.2) is 9.78 Å². The number of aromatic nitrogens is 3. The number of halogens is 1. The molecule has 0 unspecified atom stereocenters. The minimum Gasteiger partial charge on any atom is -0.462 e. The zero-order valence-electron chi connectivity index (χ0n) is 14.9.